The molecule has 1 nitrogen and oxygen atoms in total. The van der Waals surface area contributed by atoms with Crippen molar-refractivity contribution in [2.75, 3.05) is 0 Å². The van der Waals surface area contributed by atoms with Crippen LogP contribution in [-0.2, 0) is 0 Å². The molecule has 0 heterocycles. The van der Waals surface area contributed by atoms with E-state index in [2.05, 4.69) is 27.7 Å². The van der Waals surface area contributed by atoms with Crippen LogP contribution >= 0.6 is 0 Å². The van der Waals surface area contributed by atoms with Crippen LogP contribution in [0.1, 0.15) is 47.0 Å². The largest absolute Gasteiger partial charge is 0.324 e. The van der Waals surface area contributed by atoms with Gasteiger partial charge in [0.05, 0.1) is 0 Å². The molecule has 0 saturated heterocycles. The summed E-state index contributed by atoms with van der Waals surface area (Å²) in [6.45, 7) is 9.00. The highest BCUT2D eigenvalue weighted by Crippen LogP contribution is 2.36. The number of allylic oxidation sites excluding steroid dienone is 1. The molecule has 0 aliphatic heterocycles. The zero-order valence-electron chi connectivity index (χ0n) is 9.43. The summed E-state index contributed by atoms with van der Waals surface area (Å²) in [4.78, 5) is 0. The molecule has 1 fully saturated rings. The number of hydrogen-bond acceptors (Lipinski definition) is 1. The lowest BCUT2D eigenvalue weighted by Crippen LogP contribution is -2.35. The van der Waals surface area contributed by atoms with Gasteiger partial charge in [-0.15, -0.1) is 0 Å². The fraction of sp³-hybridized carbons (Fsp3) is 0.833. The van der Waals surface area contributed by atoms with Crippen molar-refractivity contribution in [1.29, 1.82) is 0 Å². The van der Waals surface area contributed by atoms with Gasteiger partial charge in [-0.05, 0) is 44.9 Å². The Morgan fingerprint density at radius 3 is 2.46 bits per heavy atom. The summed E-state index contributed by atoms with van der Waals surface area (Å²) in [5.41, 5.74) is 9.17. The zero-order valence-corrected chi connectivity index (χ0v) is 9.43. The second-order valence-electron chi connectivity index (χ2n) is 4.74. The van der Waals surface area contributed by atoms with E-state index in [1.54, 1.807) is 5.57 Å². The minimum absolute atomic E-state index is 0.332. The first-order valence-electron chi connectivity index (χ1n) is 5.49. The third-order valence-electron chi connectivity index (χ3n) is 3.25. The summed E-state index contributed by atoms with van der Waals surface area (Å²) in [7, 11) is 0. The molecule has 1 heteroatoms. The highest BCUT2D eigenvalue weighted by Gasteiger charge is 2.28. The molecule has 76 valence electrons. The Balaban J connectivity index is 2.85. The average Bonchev–Trinajstić information content (AvgIpc) is 2.01. The second kappa shape index (κ2) is 4.28. The number of hydrogen-bond donors (Lipinski definition) is 1. The third kappa shape index (κ3) is 2.34. The summed E-state index contributed by atoms with van der Waals surface area (Å²) >= 11 is 0. The maximum Gasteiger partial charge on any atom is 0.0261 e. The summed E-state index contributed by atoms with van der Waals surface area (Å²) in [6.07, 6.45) is 3.76. The first-order valence-corrected chi connectivity index (χ1v) is 5.49. The summed E-state index contributed by atoms with van der Waals surface area (Å²) in [5.74, 6) is 1.56. The standard InChI is InChI=1S/C12H23N/c1-5-10-6-9(4)7-11(13)12(10)8(2)3/h9-11H,5-7,13H2,1-4H3/t9?,10?,11-/m0/s1. The first-order chi connectivity index (χ1) is 6.06. The maximum atomic E-state index is 6.18. The van der Waals surface area contributed by atoms with Gasteiger partial charge in [0.25, 0.3) is 0 Å². The SMILES string of the molecule is CCC1CC(C)C[C@H](N)C1=C(C)C. The normalized spacial score (nSPS) is 34.8. The van der Waals surface area contributed by atoms with Crippen molar-refractivity contribution in [3.63, 3.8) is 0 Å². The van der Waals surface area contributed by atoms with Gasteiger partial charge in [0, 0.05) is 6.04 Å². The van der Waals surface area contributed by atoms with Crippen LogP contribution in [-0.4, -0.2) is 6.04 Å². The van der Waals surface area contributed by atoms with Gasteiger partial charge in [0.1, 0.15) is 0 Å². The van der Waals surface area contributed by atoms with E-state index in [0.29, 0.717) is 6.04 Å². The number of rotatable bonds is 1. The molecule has 1 aliphatic rings. The number of nitrogens with two attached hydrogens (primary N) is 1. The predicted molar refractivity (Wildman–Crippen MR) is 58.5 cm³/mol. The lowest BCUT2D eigenvalue weighted by molar-refractivity contribution is 0.318. The molecule has 3 atom stereocenters. The van der Waals surface area contributed by atoms with Gasteiger partial charge in [0.15, 0.2) is 0 Å². The topological polar surface area (TPSA) is 26.0 Å². The molecular formula is C12H23N. The van der Waals surface area contributed by atoms with Gasteiger partial charge in [-0.1, -0.05) is 25.0 Å². The van der Waals surface area contributed by atoms with Crippen LogP contribution in [0.25, 0.3) is 0 Å². The van der Waals surface area contributed by atoms with Crippen molar-refractivity contribution in [1.82, 2.24) is 0 Å². The molecule has 0 aromatic carbocycles. The van der Waals surface area contributed by atoms with Gasteiger partial charge >= 0.3 is 0 Å². The van der Waals surface area contributed by atoms with E-state index in [9.17, 15) is 0 Å². The minimum atomic E-state index is 0.332. The Labute approximate surface area is 82.4 Å². The summed E-state index contributed by atoms with van der Waals surface area (Å²) < 4.78 is 0. The van der Waals surface area contributed by atoms with Crippen molar-refractivity contribution in [3.8, 4) is 0 Å². The molecule has 1 saturated carbocycles. The Kier molecular flexibility index (Phi) is 3.55. The van der Waals surface area contributed by atoms with E-state index in [1.165, 1.54) is 24.8 Å². The Morgan fingerprint density at radius 2 is 2.00 bits per heavy atom. The lowest BCUT2D eigenvalue weighted by atomic mass is 9.73. The smallest absolute Gasteiger partial charge is 0.0261 e. The second-order valence-corrected chi connectivity index (χ2v) is 4.74. The Morgan fingerprint density at radius 1 is 1.38 bits per heavy atom. The van der Waals surface area contributed by atoms with Crippen LogP contribution in [0.2, 0.25) is 0 Å². The molecule has 0 radical (unpaired) electrons. The van der Waals surface area contributed by atoms with Crippen LogP contribution < -0.4 is 5.73 Å². The van der Waals surface area contributed by atoms with E-state index in [4.69, 9.17) is 5.73 Å². The van der Waals surface area contributed by atoms with Crippen LogP contribution in [0.4, 0.5) is 0 Å². The molecule has 2 unspecified atom stereocenters. The van der Waals surface area contributed by atoms with Crippen molar-refractivity contribution < 1.29 is 0 Å². The summed E-state index contributed by atoms with van der Waals surface area (Å²) in [5, 5.41) is 0. The molecule has 0 spiro atoms. The quantitative estimate of drug-likeness (QED) is 0.618. The maximum absolute atomic E-state index is 6.18. The highest BCUT2D eigenvalue weighted by molar-refractivity contribution is 5.21. The lowest BCUT2D eigenvalue weighted by Gasteiger charge is -2.35. The molecule has 1 rings (SSSR count). The molecule has 0 aromatic heterocycles. The van der Waals surface area contributed by atoms with Gasteiger partial charge in [-0.2, -0.15) is 0 Å². The van der Waals surface area contributed by atoms with Gasteiger partial charge in [-0.3, -0.25) is 0 Å². The molecule has 0 amide bonds. The fourth-order valence-electron chi connectivity index (χ4n) is 2.74. The molecule has 1 aliphatic carbocycles. The van der Waals surface area contributed by atoms with Crippen LogP contribution in [0.5, 0.6) is 0 Å². The van der Waals surface area contributed by atoms with Crippen molar-refractivity contribution in [2.45, 2.75) is 53.0 Å². The van der Waals surface area contributed by atoms with E-state index < -0.39 is 0 Å². The van der Waals surface area contributed by atoms with Gasteiger partial charge in [-0.25, -0.2) is 0 Å². The molecule has 13 heavy (non-hydrogen) atoms. The first kappa shape index (κ1) is 10.8. The average molecular weight is 181 g/mol. The summed E-state index contributed by atoms with van der Waals surface area (Å²) in [6, 6.07) is 0.332. The van der Waals surface area contributed by atoms with Crippen LogP contribution in [0.3, 0.4) is 0 Å². The van der Waals surface area contributed by atoms with E-state index >= 15 is 0 Å². The third-order valence-corrected chi connectivity index (χ3v) is 3.25. The minimum Gasteiger partial charge on any atom is -0.324 e. The fourth-order valence-corrected chi connectivity index (χ4v) is 2.74. The van der Waals surface area contributed by atoms with Crippen molar-refractivity contribution in [3.05, 3.63) is 11.1 Å². The molecule has 2 N–H and O–H groups in total. The molecule has 0 bridgehead atoms. The van der Waals surface area contributed by atoms with Crippen LogP contribution in [0.15, 0.2) is 11.1 Å². The zero-order chi connectivity index (χ0) is 10.0. The van der Waals surface area contributed by atoms with Gasteiger partial charge in [0.2, 0.25) is 0 Å². The Bertz CT molecular complexity index is 201. The van der Waals surface area contributed by atoms with E-state index in [-0.39, 0.29) is 0 Å². The van der Waals surface area contributed by atoms with Crippen molar-refractivity contribution in [2.24, 2.45) is 17.6 Å². The molecular weight excluding hydrogens is 158 g/mol. The van der Waals surface area contributed by atoms with E-state index in [1.807, 2.05) is 0 Å². The van der Waals surface area contributed by atoms with Crippen molar-refractivity contribution >= 4 is 0 Å². The monoisotopic (exact) mass is 181 g/mol. The predicted octanol–water partition coefficient (Wildman–Crippen LogP) is 3.11. The Hall–Kier alpha value is -0.300. The van der Waals surface area contributed by atoms with E-state index in [0.717, 1.165) is 11.8 Å². The van der Waals surface area contributed by atoms with Gasteiger partial charge < -0.3 is 5.73 Å². The molecule has 0 aromatic rings. The van der Waals surface area contributed by atoms with Crippen LogP contribution in [0, 0.1) is 11.8 Å². The highest BCUT2D eigenvalue weighted by atomic mass is 14.7.